The number of hydrogen-bond donors (Lipinski definition) is 1. The fourth-order valence-electron chi connectivity index (χ4n) is 1.95. The van der Waals surface area contributed by atoms with Crippen LogP contribution in [0.1, 0.15) is 0 Å². The predicted molar refractivity (Wildman–Crippen MR) is 61.9 cm³/mol. The van der Waals surface area contributed by atoms with Crippen molar-refractivity contribution < 1.29 is 0 Å². The molecule has 1 saturated heterocycles. The van der Waals surface area contributed by atoms with Crippen molar-refractivity contribution >= 4 is 5.69 Å². The van der Waals surface area contributed by atoms with Crippen molar-refractivity contribution in [3.8, 4) is 0 Å². The lowest BCUT2D eigenvalue weighted by Crippen LogP contribution is -2.47. The van der Waals surface area contributed by atoms with E-state index in [0.29, 0.717) is 0 Å². The van der Waals surface area contributed by atoms with Gasteiger partial charge in [-0.15, -0.1) is 0 Å². The van der Waals surface area contributed by atoms with Crippen LogP contribution in [0, 0.1) is 0 Å². The standard InChI is InChI=1S/C11H18N4/c12-3-5-14-6-8-15(9-7-14)11-2-1-4-13-10-11/h1-2,4,10H,3,5-9,12H2. The SMILES string of the molecule is NCCN1CCN(c2cccnc2)CC1. The molecule has 0 radical (unpaired) electrons. The maximum absolute atomic E-state index is 5.54. The molecule has 1 aliphatic rings. The highest BCUT2D eigenvalue weighted by molar-refractivity contribution is 5.43. The second kappa shape index (κ2) is 5.09. The van der Waals surface area contributed by atoms with Crippen LogP contribution in [0.25, 0.3) is 0 Å². The number of anilines is 1. The fraction of sp³-hybridized carbons (Fsp3) is 0.545. The highest BCUT2D eigenvalue weighted by Crippen LogP contribution is 2.13. The second-order valence-corrected chi connectivity index (χ2v) is 3.83. The Bertz CT molecular complexity index is 280. The monoisotopic (exact) mass is 206 g/mol. The molecule has 4 nitrogen and oxygen atoms in total. The Labute approximate surface area is 90.7 Å². The zero-order valence-corrected chi connectivity index (χ0v) is 8.97. The van der Waals surface area contributed by atoms with E-state index in [1.54, 1.807) is 0 Å². The van der Waals surface area contributed by atoms with E-state index in [2.05, 4.69) is 20.9 Å². The molecule has 1 aromatic heterocycles. The van der Waals surface area contributed by atoms with Gasteiger partial charge in [0.2, 0.25) is 0 Å². The molecule has 0 saturated carbocycles. The summed E-state index contributed by atoms with van der Waals surface area (Å²) in [7, 11) is 0. The minimum Gasteiger partial charge on any atom is -0.368 e. The maximum Gasteiger partial charge on any atom is 0.0553 e. The van der Waals surface area contributed by atoms with Crippen molar-refractivity contribution in [1.29, 1.82) is 0 Å². The normalized spacial score (nSPS) is 18.1. The molecular formula is C11H18N4. The van der Waals surface area contributed by atoms with Crippen LogP contribution in [-0.4, -0.2) is 49.2 Å². The third-order valence-corrected chi connectivity index (χ3v) is 2.83. The molecule has 15 heavy (non-hydrogen) atoms. The largest absolute Gasteiger partial charge is 0.368 e. The van der Waals surface area contributed by atoms with Crippen molar-refractivity contribution in [1.82, 2.24) is 9.88 Å². The lowest BCUT2D eigenvalue weighted by molar-refractivity contribution is 0.265. The quantitative estimate of drug-likeness (QED) is 0.765. The first-order chi connectivity index (χ1) is 7.40. The molecule has 0 aromatic carbocycles. The molecule has 82 valence electrons. The number of nitrogens with two attached hydrogens (primary N) is 1. The van der Waals surface area contributed by atoms with Gasteiger partial charge < -0.3 is 10.6 Å². The van der Waals surface area contributed by atoms with Crippen molar-refractivity contribution in [3.05, 3.63) is 24.5 Å². The zero-order valence-electron chi connectivity index (χ0n) is 8.97. The summed E-state index contributed by atoms with van der Waals surface area (Å²) in [5.41, 5.74) is 6.77. The molecule has 0 unspecified atom stereocenters. The summed E-state index contributed by atoms with van der Waals surface area (Å²) in [5.74, 6) is 0. The molecule has 2 rings (SSSR count). The summed E-state index contributed by atoms with van der Waals surface area (Å²) < 4.78 is 0. The minimum atomic E-state index is 0.757. The lowest BCUT2D eigenvalue weighted by Gasteiger charge is -2.35. The average Bonchev–Trinajstić information content (AvgIpc) is 2.32. The van der Waals surface area contributed by atoms with Gasteiger partial charge in [0.25, 0.3) is 0 Å². The Hall–Kier alpha value is -1.13. The number of nitrogens with zero attached hydrogens (tertiary/aromatic N) is 3. The van der Waals surface area contributed by atoms with Gasteiger partial charge in [0.05, 0.1) is 11.9 Å². The summed E-state index contributed by atoms with van der Waals surface area (Å²) in [6.45, 7) is 6.13. The van der Waals surface area contributed by atoms with Crippen LogP contribution in [0.5, 0.6) is 0 Å². The fourth-order valence-corrected chi connectivity index (χ4v) is 1.95. The molecule has 0 aliphatic carbocycles. The van der Waals surface area contributed by atoms with Gasteiger partial charge in [-0.05, 0) is 12.1 Å². The van der Waals surface area contributed by atoms with Gasteiger partial charge in [-0.25, -0.2) is 0 Å². The Kier molecular flexibility index (Phi) is 3.53. The van der Waals surface area contributed by atoms with Crippen molar-refractivity contribution in [2.75, 3.05) is 44.2 Å². The first-order valence-electron chi connectivity index (χ1n) is 5.47. The van der Waals surface area contributed by atoms with Crippen molar-refractivity contribution in [3.63, 3.8) is 0 Å². The topological polar surface area (TPSA) is 45.4 Å². The van der Waals surface area contributed by atoms with Crippen LogP contribution in [0.15, 0.2) is 24.5 Å². The second-order valence-electron chi connectivity index (χ2n) is 3.83. The number of rotatable bonds is 3. The van der Waals surface area contributed by atoms with Gasteiger partial charge in [0.1, 0.15) is 0 Å². The van der Waals surface area contributed by atoms with E-state index in [0.717, 1.165) is 39.3 Å². The summed E-state index contributed by atoms with van der Waals surface area (Å²) in [6.07, 6.45) is 3.74. The van der Waals surface area contributed by atoms with E-state index >= 15 is 0 Å². The molecular weight excluding hydrogens is 188 g/mol. The van der Waals surface area contributed by atoms with E-state index in [-0.39, 0.29) is 0 Å². The van der Waals surface area contributed by atoms with Crippen LogP contribution in [-0.2, 0) is 0 Å². The first-order valence-corrected chi connectivity index (χ1v) is 5.47. The summed E-state index contributed by atoms with van der Waals surface area (Å²) in [4.78, 5) is 8.92. The number of aromatic nitrogens is 1. The van der Waals surface area contributed by atoms with E-state index in [9.17, 15) is 0 Å². The first kappa shape index (κ1) is 10.4. The molecule has 1 aromatic rings. The molecule has 0 atom stereocenters. The highest BCUT2D eigenvalue weighted by Gasteiger charge is 2.15. The van der Waals surface area contributed by atoms with Gasteiger partial charge in [-0.2, -0.15) is 0 Å². The summed E-state index contributed by atoms with van der Waals surface area (Å²) >= 11 is 0. The van der Waals surface area contributed by atoms with Gasteiger partial charge in [-0.3, -0.25) is 9.88 Å². The van der Waals surface area contributed by atoms with Gasteiger partial charge in [0.15, 0.2) is 0 Å². The molecule has 0 bridgehead atoms. The Balaban J connectivity index is 1.88. The number of piperazine rings is 1. The van der Waals surface area contributed by atoms with Crippen LogP contribution < -0.4 is 10.6 Å². The van der Waals surface area contributed by atoms with Crippen molar-refractivity contribution in [2.24, 2.45) is 5.73 Å². The molecule has 2 N–H and O–H groups in total. The van der Waals surface area contributed by atoms with E-state index in [1.807, 2.05) is 18.5 Å². The van der Waals surface area contributed by atoms with Crippen LogP contribution >= 0.6 is 0 Å². The van der Waals surface area contributed by atoms with E-state index < -0.39 is 0 Å². The smallest absolute Gasteiger partial charge is 0.0553 e. The Morgan fingerprint density at radius 2 is 2.07 bits per heavy atom. The molecule has 4 heteroatoms. The van der Waals surface area contributed by atoms with Gasteiger partial charge in [0, 0.05) is 45.5 Å². The van der Waals surface area contributed by atoms with Crippen molar-refractivity contribution in [2.45, 2.75) is 0 Å². The number of hydrogen-bond acceptors (Lipinski definition) is 4. The molecule has 1 aliphatic heterocycles. The van der Waals surface area contributed by atoms with Crippen LogP contribution in [0.2, 0.25) is 0 Å². The third-order valence-electron chi connectivity index (χ3n) is 2.83. The Morgan fingerprint density at radius 1 is 1.27 bits per heavy atom. The molecule has 0 spiro atoms. The van der Waals surface area contributed by atoms with Gasteiger partial charge >= 0.3 is 0 Å². The molecule has 1 fully saturated rings. The maximum atomic E-state index is 5.54. The highest BCUT2D eigenvalue weighted by atomic mass is 15.3. The van der Waals surface area contributed by atoms with E-state index in [4.69, 9.17) is 5.73 Å². The zero-order chi connectivity index (χ0) is 10.5. The molecule has 2 heterocycles. The summed E-state index contributed by atoms with van der Waals surface area (Å²) in [6, 6.07) is 4.10. The van der Waals surface area contributed by atoms with Crippen LogP contribution in [0.3, 0.4) is 0 Å². The predicted octanol–water partition coefficient (Wildman–Crippen LogP) is 0.162. The Morgan fingerprint density at radius 3 is 2.67 bits per heavy atom. The van der Waals surface area contributed by atoms with Crippen LogP contribution in [0.4, 0.5) is 5.69 Å². The molecule has 0 amide bonds. The van der Waals surface area contributed by atoms with E-state index in [1.165, 1.54) is 5.69 Å². The lowest BCUT2D eigenvalue weighted by atomic mass is 10.3. The number of pyridine rings is 1. The minimum absolute atomic E-state index is 0.757. The van der Waals surface area contributed by atoms with Gasteiger partial charge in [-0.1, -0.05) is 0 Å². The average molecular weight is 206 g/mol. The third kappa shape index (κ3) is 2.67. The summed E-state index contributed by atoms with van der Waals surface area (Å²) in [5, 5.41) is 0.